The first-order valence-corrected chi connectivity index (χ1v) is 24.0. The summed E-state index contributed by atoms with van der Waals surface area (Å²) < 4.78 is 17.7. The Morgan fingerprint density at radius 3 is 2.12 bits per heavy atom. The van der Waals surface area contributed by atoms with Crippen LogP contribution in [0.25, 0.3) is 28.3 Å². The molecule has 0 bridgehead atoms. The van der Waals surface area contributed by atoms with Crippen molar-refractivity contribution in [3.05, 3.63) is 114 Å². The minimum atomic E-state index is -0.547. The number of hydrogen-bond donors (Lipinski definition) is 2. The molecule has 0 saturated heterocycles. The second-order valence-electron chi connectivity index (χ2n) is 20.7. The molecule has 0 aromatic heterocycles. The van der Waals surface area contributed by atoms with Gasteiger partial charge in [-0.25, -0.2) is 9.59 Å². The Labute approximate surface area is 382 Å². The van der Waals surface area contributed by atoms with Gasteiger partial charge in [0.15, 0.2) is 11.5 Å². The number of nitrogen functional groups attached to an aromatic ring is 2. The van der Waals surface area contributed by atoms with E-state index >= 15 is 0 Å². The van der Waals surface area contributed by atoms with E-state index in [2.05, 4.69) is 47.6 Å². The number of carbonyl (C=O) groups is 2. The molecule has 4 aromatic rings. The van der Waals surface area contributed by atoms with Gasteiger partial charge in [0.2, 0.25) is 0 Å². The van der Waals surface area contributed by atoms with Gasteiger partial charge in [0.05, 0.1) is 12.7 Å². The van der Waals surface area contributed by atoms with Crippen LogP contribution in [0.4, 0.5) is 11.4 Å². The lowest BCUT2D eigenvalue weighted by Gasteiger charge is -2.58. The van der Waals surface area contributed by atoms with E-state index < -0.39 is 5.97 Å². The third-order valence-electron chi connectivity index (χ3n) is 16.7. The minimum absolute atomic E-state index is 0.124. The highest BCUT2D eigenvalue weighted by Gasteiger charge is 2.59. The fourth-order valence-electron chi connectivity index (χ4n) is 12.7. The van der Waals surface area contributed by atoms with Crippen LogP contribution >= 0.6 is 0 Å². The fourth-order valence-corrected chi connectivity index (χ4v) is 12.7. The topological polar surface area (TPSA) is 114 Å². The number of methoxy groups -OCH3 is 1. The molecule has 64 heavy (non-hydrogen) atoms. The standard InChI is InChI=1S/C57H70N2O5/c1-35(2)36(3)14-15-37(4)49-20-21-50-48-19-18-44-34-47(24-26-56(44,5)51(48)25-27-57(49,50)6)63-54(60)23-17-38-16-22-52(53(28-38)62-7)64-55(61)43-30-41(39-10-8-12-45(58)32-39)29-42(31-43)40-11-9-13-46(59)33-40/h8-13,16-18,22-23,28-33,35-37,47-51H,14-15,19-21,24-27,34,58-59H2,1-7H3/b23-17+/t36?,37-,47+,48+,49-,50+,51+,56+,57-/m1/s1. The number of carbonyl (C=O) groups excluding carboxylic acids is 2. The Balaban J connectivity index is 0.896. The van der Waals surface area contributed by atoms with Gasteiger partial charge in [-0.05, 0) is 186 Å². The second-order valence-corrected chi connectivity index (χ2v) is 20.7. The predicted molar refractivity (Wildman–Crippen MR) is 261 cm³/mol. The number of hydrogen-bond acceptors (Lipinski definition) is 7. The highest BCUT2D eigenvalue weighted by molar-refractivity contribution is 5.95. The summed E-state index contributed by atoms with van der Waals surface area (Å²) in [5.41, 5.74) is 20.1. The van der Waals surface area contributed by atoms with Gasteiger partial charge in [-0.1, -0.05) is 96.4 Å². The van der Waals surface area contributed by atoms with Gasteiger partial charge < -0.3 is 25.7 Å². The van der Waals surface area contributed by atoms with E-state index in [1.165, 1.54) is 63.7 Å². The number of anilines is 2. The quantitative estimate of drug-likeness (QED) is 0.0452. The SMILES string of the molecule is COc1cc(/C=C/C(=O)O[C@H]2CC[C@@]3(C)C(=CC[C@H]4[C@@H]5CC[C@H]([C@H](C)CCC(C)C(C)C)[C@@]5(C)CC[C@@H]43)C2)ccc1OC(=O)c1cc(-c2cccc(N)c2)cc(-c2cccc(N)c2)c1. The highest BCUT2D eigenvalue weighted by Crippen LogP contribution is 2.67. The van der Waals surface area contributed by atoms with Crippen LogP contribution in [0.5, 0.6) is 11.5 Å². The van der Waals surface area contributed by atoms with Gasteiger partial charge in [-0.2, -0.15) is 0 Å². The van der Waals surface area contributed by atoms with E-state index in [9.17, 15) is 9.59 Å². The van der Waals surface area contributed by atoms with Gasteiger partial charge >= 0.3 is 11.9 Å². The molecular formula is C57H70N2O5. The molecule has 0 amide bonds. The molecule has 0 aliphatic heterocycles. The maximum Gasteiger partial charge on any atom is 0.343 e. The monoisotopic (exact) mass is 863 g/mol. The van der Waals surface area contributed by atoms with Crippen molar-refractivity contribution in [2.75, 3.05) is 18.6 Å². The summed E-state index contributed by atoms with van der Waals surface area (Å²) in [7, 11) is 1.53. The number of esters is 2. The average molecular weight is 863 g/mol. The Hall–Kier alpha value is -5.30. The molecule has 4 N–H and O–H groups in total. The largest absolute Gasteiger partial charge is 0.493 e. The maximum absolute atomic E-state index is 13.8. The first-order valence-electron chi connectivity index (χ1n) is 24.0. The molecule has 4 aliphatic carbocycles. The third-order valence-corrected chi connectivity index (χ3v) is 16.7. The smallest absolute Gasteiger partial charge is 0.343 e. The number of fused-ring (bicyclic) bond motifs is 5. The van der Waals surface area contributed by atoms with Gasteiger partial charge in [0, 0.05) is 23.9 Å². The van der Waals surface area contributed by atoms with Crippen molar-refractivity contribution in [1.82, 2.24) is 0 Å². The van der Waals surface area contributed by atoms with Crippen LogP contribution in [0.15, 0.2) is 103 Å². The molecule has 7 heteroatoms. The maximum atomic E-state index is 13.8. The lowest BCUT2D eigenvalue weighted by molar-refractivity contribution is -0.145. The van der Waals surface area contributed by atoms with Crippen LogP contribution in [-0.4, -0.2) is 25.2 Å². The van der Waals surface area contributed by atoms with Gasteiger partial charge in [0.25, 0.3) is 0 Å². The van der Waals surface area contributed by atoms with Crippen LogP contribution in [0, 0.1) is 52.3 Å². The molecule has 0 radical (unpaired) electrons. The highest BCUT2D eigenvalue weighted by atomic mass is 16.6. The second kappa shape index (κ2) is 18.7. The van der Waals surface area contributed by atoms with Crippen LogP contribution in [0.3, 0.4) is 0 Å². The Bertz CT molecular complexity index is 2350. The van der Waals surface area contributed by atoms with Crippen LogP contribution in [0.2, 0.25) is 0 Å². The molecule has 7 nitrogen and oxygen atoms in total. The first kappa shape index (κ1) is 45.3. The molecule has 9 atom stereocenters. The van der Waals surface area contributed by atoms with Crippen LogP contribution in [-0.2, 0) is 9.53 Å². The molecule has 0 heterocycles. The molecule has 8 rings (SSSR count). The summed E-state index contributed by atoms with van der Waals surface area (Å²) in [6.07, 6.45) is 17.8. The molecule has 0 spiro atoms. The van der Waals surface area contributed by atoms with E-state index in [4.69, 9.17) is 25.7 Å². The Morgan fingerprint density at radius 2 is 1.47 bits per heavy atom. The summed E-state index contributed by atoms with van der Waals surface area (Å²) in [5.74, 6) is 5.25. The van der Waals surface area contributed by atoms with Crippen molar-refractivity contribution in [3.8, 4) is 33.8 Å². The Kier molecular flexibility index (Phi) is 13.2. The molecule has 4 aromatic carbocycles. The summed E-state index contributed by atoms with van der Waals surface area (Å²) in [4.78, 5) is 27.1. The average Bonchev–Trinajstić information content (AvgIpc) is 3.65. The molecular weight excluding hydrogens is 793 g/mol. The van der Waals surface area contributed by atoms with Crippen LogP contribution in [0.1, 0.15) is 122 Å². The first-order chi connectivity index (χ1) is 30.6. The van der Waals surface area contributed by atoms with Crippen molar-refractivity contribution in [1.29, 1.82) is 0 Å². The van der Waals surface area contributed by atoms with Crippen molar-refractivity contribution in [2.45, 2.75) is 112 Å². The summed E-state index contributed by atoms with van der Waals surface area (Å²) in [5, 5.41) is 0. The van der Waals surface area contributed by atoms with Crippen molar-refractivity contribution in [3.63, 3.8) is 0 Å². The number of rotatable bonds is 13. The number of nitrogens with two attached hydrogens (primary N) is 2. The summed E-state index contributed by atoms with van der Waals surface area (Å²) in [6, 6.07) is 25.9. The molecule has 338 valence electrons. The van der Waals surface area contributed by atoms with Gasteiger partial charge in [-0.15, -0.1) is 0 Å². The van der Waals surface area contributed by atoms with Gasteiger partial charge in [-0.3, -0.25) is 0 Å². The number of ether oxygens (including phenoxy) is 3. The third kappa shape index (κ3) is 9.28. The minimum Gasteiger partial charge on any atom is -0.493 e. The van der Waals surface area contributed by atoms with E-state index in [0.29, 0.717) is 28.1 Å². The van der Waals surface area contributed by atoms with Crippen molar-refractivity contribution >= 4 is 29.4 Å². The zero-order valence-electron chi connectivity index (χ0n) is 39.2. The Morgan fingerprint density at radius 1 is 0.766 bits per heavy atom. The zero-order chi connectivity index (χ0) is 45.3. The molecule has 1 unspecified atom stereocenters. The summed E-state index contributed by atoms with van der Waals surface area (Å²) >= 11 is 0. The zero-order valence-corrected chi connectivity index (χ0v) is 39.2. The van der Waals surface area contributed by atoms with Gasteiger partial charge in [0.1, 0.15) is 6.10 Å². The van der Waals surface area contributed by atoms with E-state index in [0.717, 1.165) is 88.5 Å². The summed E-state index contributed by atoms with van der Waals surface area (Å²) in [6.45, 7) is 14.9. The normalized spacial score (nSPS) is 27.2. The van der Waals surface area contributed by atoms with Crippen molar-refractivity contribution < 1.29 is 23.8 Å². The van der Waals surface area contributed by atoms with E-state index in [1.807, 2.05) is 54.6 Å². The number of benzene rings is 4. The van der Waals surface area contributed by atoms with Crippen molar-refractivity contribution in [2.24, 2.45) is 52.3 Å². The van der Waals surface area contributed by atoms with E-state index in [1.54, 1.807) is 36.4 Å². The lowest BCUT2D eigenvalue weighted by atomic mass is 9.47. The fraction of sp³-hybridized carbons (Fsp3) is 0.474. The predicted octanol–water partition coefficient (Wildman–Crippen LogP) is 13.6. The molecule has 4 aliphatic rings. The van der Waals surface area contributed by atoms with E-state index in [-0.39, 0.29) is 23.2 Å². The van der Waals surface area contributed by atoms with Crippen LogP contribution < -0.4 is 20.9 Å². The molecule has 3 fully saturated rings. The lowest BCUT2D eigenvalue weighted by Crippen LogP contribution is -2.51. The molecule has 3 saturated carbocycles. The number of allylic oxidation sites excluding steroid dienone is 1.